The van der Waals surface area contributed by atoms with Gasteiger partial charge in [-0.2, -0.15) is 0 Å². The Bertz CT molecular complexity index is 1150. The Labute approximate surface area is 250 Å². The number of hydrogen-bond acceptors (Lipinski definition) is 6. The summed E-state index contributed by atoms with van der Waals surface area (Å²) >= 11 is 1.32. The van der Waals surface area contributed by atoms with Crippen LogP contribution in [-0.2, 0) is 19.2 Å². The number of aliphatic carboxylic acids is 2. The lowest BCUT2D eigenvalue weighted by atomic mass is 9.31. The van der Waals surface area contributed by atoms with Crippen molar-refractivity contribution in [2.75, 3.05) is 0 Å². The van der Waals surface area contributed by atoms with Crippen LogP contribution in [-0.4, -0.2) is 33.2 Å². The molecule has 5 aliphatic carbocycles. The third-order valence-corrected chi connectivity index (χ3v) is 16.0. The average Bonchev–Trinajstić information content (AvgIpc) is 2.86. The Balaban J connectivity index is 1.45. The van der Waals surface area contributed by atoms with Gasteiger partial charge in [0.15, 0.2) is 5.12 Å². The lowest BCUT2D eigenvalue weighted by molar-refractivity contribution is -0.305. The van der Waals surface area contributed by atoms with Crippen LogP contribution in [0.2, 0.25) is 0 Å². The van der Waals surface area contributed by atoms with Gasteiger partial charge >= 0.3 is 5.97 Å². The molecule has 1 N–H and O–H groups in total. The molecule has 0 radical (unpaired) electrons. The molecular formula is C34H51O6S-. The highest BCUT2D eigenvalue weighted by atomic mass is 32.2. The van der Waals surface area contributed by atoms with E-state index in [1.54, 1.807) is 0 Å². The van der Waals surface area contributed by atoms with Crippen LogP contribution in [0, 0.1) is 56.2 Å². The minimum Gasteiger partial charge on any atom is -0.550 e. The molecule has 0 aliphatic heterocycles. The molecule has 0 amide bonds. The molecule has 0 aromatic heterocycles. The molecule has 10 atom stereocenters. The molecule has 230 valence electrons. The number of carbonyl (C=O) groups is 4. The van der Waals surface area contributed by atoms with Gasteiger partial charge in [-0.3, -0.25) is 14.4 Å². The van der Waals surface area contributed by atoms with Gasteiger partial charge in [-0.15, -0.1) is 0 Å². The number of carbonyl (C=O) groups excluding carboxylic acids is 3. The predicted molar refractivity (Wildman–Crippen MR) is 158 cm³/mol. The van der Waals surface area contributed by atoms with E-state index in [2.05, 4.69) is 41.5 Å². The van der Waals surface area contributed by atoms with E-state index in [-0.39, 0.29) is 68.0 Å². The largest absolute Gasteiger partial charge is 0.550 e. The van der Waals surface area contributed by atoms with Crippen molar-refractivity contribution >= 4 is 34.6 Å². The average molecular weight is 588 g/mol. The highest BCUT2D eigenvalue weighted by molar-refractivity contribution is 8.14. The first kappa shape index (κ1) is 31.1. The zero-order valence-corrected chi connectivity index (χ0v) is 27.1. The van der Waals surface area contributed by atoms with Crippen LogP contribution in [0.5, 0.6) is 0 Å². The van der Waals surface area contributed by atoms with Gasteiger partial charge in [0.05, 0.1) is 5.41 Å². The second kappa shape index (κ2) is 9.82. The van der Waals surface area contributed by atoms with Gasteiger partial charge < -0.3 is 15.0 Å². The molecule has 0 spiro atoms. The summed E-state index contributed by atoms with van der Waals surface area (Å²) in [5.74, 6) is -0.757. The van der Waals surface area contributed by atoms with E-state index < -0.39 is 17.4 Å². The van der Waals surface area contributed by atoms with Gasteiger partial charge in [0.25, 0.3) is 0 Å². The standard InChI is InChI=1S/C34H52O6S/c1-29(2)23-10-13-34(7)27(32(23,5)12-11-24(29)41-26(38)9-8-25(36)37)22(35)18-20-21-19-31(4,28(39)40)15-14-30(21,3)16-17-33(20,34)6/h20-21,23-24,27H,8-19H2,1-7H3,(H,36,37)(H,39,40)/p-1/t20-,21-,23-,24-,27+,30+,31-,32-,33+,34+/m0/s1. The van der Waals surface area contributed by atoms with E-state index >= 15 is 0 Å². The summed E-state index contributed by atoms with van der Waals surface area (Å²) in [5, 5.41) is 21.1. The van der Waals surface area contributed by atoms with Crippen molar-refractivity contribution in [3.05, 3.63) is 0 Å². The van der Waals surface area contributed by atoms with E-state index in [1.807, 2.05) is 6.92 Å². The molecule has 5 rings (SSSR count). The zero-order valence-electron chi connectivity index (χ0n) is 26.3. The molecule has 6 nitrogen and oxygen atoms in total. The summed E-state index contributed by atoms with van der Waals surface area (Å²) in [7, 11) is 0. The molecule has 0 saturated heterocycles. The monoisotopic (exact) mass is 587 g/mol. The van der Waals surface area contributed by atoms with Crippen LogP contribution in [0.1, 0.15) is 126 Å². The van der Waals surface area contributed by atoms with E-state index in [1.165, 1.54) is 11.8 Å². The summed E-state index contributed by atoms with van der Waals surface area (Å²) < 4.78 is 0. The maximum atomic E-state index is 14.5. The molecule has 7 heteroatoms. The van der Waals surface area contributed by atoms with Crippen LogP contribution in [0.15, 0.2) is 0 Å². The number of fused-ring (bicyclic) bond motifs is 7. The second-order valence-corrected chi connectivity index (χ2v) is 17.9. The minimum absolute atomic E-state index is 0.00144. The number of carboxylic acid groups (broad SMARTS) is 2. The van der Waals surface area contributed by atoms with Gasteiger partial charge in [-0.25, -0.2) is 0 Å². The quantitative estimate of drug-likeness (QED) is 0.402. The third-order valence-electron chi connectivity index (χ3n) is 14.4. The topological polar surface area (TPSA) is 112 Å². The fourth-order valence-corrected chi connectivity index (χ4v) is 12.9. The molecule has 5 fully saturated rings. The normalized spacial score (nSPS) is 48.7. The molecule has 5 saturated carbocycles. The third kappa shape index (κ3) is 4.47. The van der Waals surface area contributed by atoms with Gasteiger partial charge in [0.2, 0.25) is 0 Å². The number of ketones is 1. The van der Waals surface area contributed by atoms with Crippen molar-refractivity contribution in [1.29, 1.82) is 0 Å². The molecule has 0 heterocycles. The number of rotatable bonds is 5. The molecule has 41 heavy (non-hydrogen) atoms. The molecule has 0 bridgehead atoms. The van der Waals surface area contributed by atoms with Gasteiger partial charge in [0.1, 0.15) is 5.78 Å². The summed E-state index contributed by atoms with van der Waals surface area (Å²) in [6, 6.07) is 0. The second-order valence-electron chi connectivity index (χ2n) is 16.7. The Morgan fingerprint density at radius 1 is 0.854 bits per heavy atom. The number of carboxylic acids is 2. The van der Waals surface area contributed by atoms with Crippen molar-refractivity contribution in [2.24, 2.45) is 56.2 Å². The number of hydrogen-bond donors (Lipinski definition) is 1. The molecular weight excluding hydrogens is 536 g/mol. The van der Waals surface area contributed by atoms with Crippen LogP contribution < -0.4 is 5.11 Å². The molecule has 0 unspecified atom stereocenters. The zero-order chi connectivity index (χ0) is 30.4. The Morgan fingerprint density at radius 2 is 1.51 bits per heavy atom. The van der Waals surface area contributed by atoms with Crippen molar-refractivity contribution in [2.45, 2.75) is 131 Å². The fraction of sp³-hybridized carbons (Fsp3) is 0.882. The summed E-state index contributed by atoms with van der Waals surface area (Å²) in [4.78, 5) is 50.5. The maximum absolute atomic E-state index is 14.5. The van der Waals surface area contributed by atoms with Crippen LogP contribution >= 0.6 is 11.8 Å². The Morgan fingerprint density at radius 3 is 2.15 bits per heavy atom. The van der Waals surface area contributed by atoms with Gasteiger partial charge in [0, 0.05) is 30.0 Å². The van der Waals surface area contributed by atoms with Gasteiger partial charge in [-0.1, -0.05) is 53.3 Å². The predicted octanol–water partition coefficient (Wildman–Crippen LogP) is 6.29. The molecule has 0 aromatic rings. The first-order valence-corrected chi connectivity index (χ1v) is 16.9. The lowest BCUT2D eigenvalue weighted by Gasteiger charge is -2.73. The van der Waals surface area contributed by atoms with Crippen molar-refractivity contribution < 1.29 is 29.4 Å². The number of Topliss-reactive ketones (excluding diaryl/α,β-unsaturated/α-hetero) is 1. The van der Waals surface area contributed by atoms with Crippen molar-refractivity contribution in [3.63, 3.8) is 0 Å². The maximum Gasteiger partial charge on any atom is 0.309 e. The van der Waals surface area contributed by atoms with Crippen molar-refractivity contribution in [3.8, 4) is 0 Å². The Kier molecular flexibility index (Phi) is 7.44. The van der Waals surface area contributed by atoms with E-state index in [4.69, 9.17) is 0 Å². The lowest BCUT2D eigenvalue weighted by Crippen LogP contribution is -2.69. The minimum atomic E-state index is -1.19. The Hall–Kier alpha value is -1.37. The SMILES string of the molecule is CC1(C)[C@@H](SC(=O)CCC(=O)[O-])CC[C@]2(C)[C@H]3C(=O)C[C@H]4[C@@H]5C[C@@](C)(C(=O)O)CC[C@]5(C)CC[C@@]4(C)[C@]3(C)CC[C@@H]12. The summed E-state index contributed by atoms with van der Waals surface area (Å²) in [6.07, 6.45) is 8.60. The van der Waals surface area contributed by atoms with Crippen LogP contribution in [0.4, 0.5) is 0 Å². The van der Waals surface area contributed by atoms with Crippen LogP contribution in [0.25, 0.3) is 0 Å². The number of thioether (sulfide) groups is 1. The summed E-state index contributed by atoms with van der Waals surface area (Å²) in [6.45, 7) is 16.0. The highest BCUT2D eigenvalue weighted by Crippen LogP contribution is 2.76. The molecule has 0 aromatic carbocycles. The fourth-order valence-electron chi connectivity index (χ4n) is 11.7. The smallest absolute Gasteiger partial charge is 0.309 e. The summed E-state index contributed by atoms with van der Waals surface area (Å²) in [5.41, 5.74) is -1.09. The first-order valence-electron chi connectivity index (χ1n) is 16.0. The first-order chi connectivity index (χ1) is 18.8. The van der Waals surface area contributed by atoms with Crippen molar-refractivity contribution in [1.82, 2.24) is 0 Å². The molecule has 5 aliphatic rings. The van der Waals surface area contributed by atoms with E-state index in [0.29, 0.717) is 24.5 Å². The van der Waals surface area contributed by atoms with E-state index in [9.17, 15) is 29.4 Å². The van der Waals surface area contributed by atoms with Gasteiger partial charge in [-0.05, 0) is 116 Å². The highest BCUT2D eigenvalue weighted by Gasteiger charge is 2.72. The van der Waals surface area contributed by atoms with E-state index in [0.717, 1.165) is 51.4 Å². The van der Waals surface area contributed by atoms with Crippen LogP contribution in [0.3, 0.4) is 0 Å².